The van der Waals surface area contributed by atoms with E-state index in [2.05, 4.69) is 0 Å². The average molecular weight is 284 g/mol. The lowest BCUT2D eigenvalue weighted by Gasteiger charge is -2.30. The quantitative estimate of drug-likeness (QED) is 0.617. The first-order valence-electron chi connectivity index (χ1n) is 5.84. The van der Waals surface area contributed by atoms with E-state index in [-0.39, 0.29) is 11.3 Å². The molecule has 2 rings (SSSR count). The third kappa shape index (κ3) is 3.04. The molecule has 102 valence electrons. The predicted molar refractivity (Wildman–Crippen MR) is 70.9 cm³/mol. The molecular formula is C12H13FN2O3S. The Morgan fingerprint density at radius 1 is 1.58 bits per heavy atom. The lowest BCUT2D eigenvalue weighted by molar-refractivity contribution is -0.385. The smallest absolute Gasteiger partial charge is 0.272 e. The van der Waals surface area contributed by atoms with Gasteiger partial charge >= 0.3 is 0 Å². The molecule has 0 spiro atoms. The molecule has 1 aliphatic heterocycles. The van der Waals surface area contributed by atoms with Gasteiger partial charge in [-0.15, -0.1) is 0 Å². The molecule has 0 bridgehead atoms. The summed E-state index contributed by atoms with van der Waals surface area (Å²) in [5.41, 5.74) is -0.457. The van der Waals surface area contributed by atoms with Crippen LogP contribution in [0.1, 0.15) is 17.3 Å². The molecule has 1 heterocycles. The first-order valence-corrected chi connectivity index (χ1v) is 6.88. The highest BCUT2D eigenvalue weighted by molar-refractivity contribution is 7.99. The lowest BCUT2D eigenvalue weighted by Crippen LogP contribution is -2.41. The van der Waals surface area contributed by atoms with Gasteiger partial charge in [0.05, 0.1) is 16.6 Å². The first kappa shape index (κ1) is 13.8. The summed E-state index contributed by atoms with van der Waals surface area (Å²) in [6.07, 6.45) is 0. The van der Waals surface area contributed by atoms with Crippen LogP contribution in [-0.4, -0.2) is 39.8 Å². The zero-order valence-corrected chi connectivity index (χ0v) is 11.2. The van der Waals surface area contributed by atoms with Crippen molar-refractivity contribution in [3.8, 4) is 0 Å². The Morgan fingerprint density at radius 3 is 2.89 bits per heavy atom. The van der Waals surface area contributed by atoms with Crippen molar-refractivity contribution in [2.75, 3.05) is 18.8 Å². The van der Waals surface area contributed by atoms with Crippen LogP contribution >= 0.6 is 11.8 Å². The Balaban J connectivity index is 2.21. The van der Waals surface area contributed by atoms with Gasteiger partial charge < -0.3 is 4.90 Å². The van der Waals surface area contributed by atoms with E-state index < -0.39 is 16.6 Å². The van der Waals surface area contributed by atoms with Crippen LogP contribution in [0.15, 0.2) is 18.2 Å². The summed E-state index contributed by atoms with van der Waals surface area (Å²) in [6.45, 7) is 3.15. The third-order valence-electron chi connectivity index (χ3n) is 2.92. The molecule has 0 N–H and O–H groups in total. The van der Waals surface area contributed by atoms with Gasteiger partial charge in [-0.3, -0.25) is 14.9 Å². The van der Waals surface area contributed by atoms with Crippen molar-refractivity contribution >= 4 is 23.4 Å². The SMILES string of the molecule is C[C@@H]1CN(C(=O)c2ccc([N+](=O)[O-])cc2F)CCS1. The van der Waals surface area contributed by atoms with Gasteiger partial charge in [-0.1, -0.05) is 6.92 Å². The summed E-state index contributed by atoms with van der Waals surface area (Å²) >= 11 is 1.77. The van der Waals surface area contributed by atoms with E-state index in [1.165, 1.54) is 6.07 Å². The number of amides is 1. The van der Waals surface area contributed by atoms with E-state index in [1.807, 2.05) is 6.92 Å². The van der Waals surface area contributed by atoms with Crippen LogP contribution in [0.25, 0.3) is 0 Å². The maximum absolute atomic E-state index is 13.8. The predicted octanol–water partition coefficient (Wildman–Crippen LogP) is 2.31. The Bertz CT molecular complexity index is 524. The van der Waals surface area contributed by atoms with Crippen molar-refractivity contribution in [3.63, 3.8) is 0 Å². The van der Waals surface area contributed by atoms with Crippen LogP contribution in [0.3, 0.4) is 0 Å². The molecule has 1 atom stereocenters. The molecular weight excluding hydrogens is 271 g/mol. The minimum atomic E-state index is -0.843. The van der Waals surface area contributed by atoms with Crippen LogP contribution in [0, 0.1) is 15.9 Å². The number of hydrogen-bond acceptors (Lipinski definition) is 4. The summed E-state index contributed by atoms with van der Waals surface area (Å²) in [5.74, 6) is -0.425. The number of benzene rings is 1. The van der Waals surface area contributed by atoms with E-state index >= 15 is 0 Å². The number of rotatable bonds is 2. The Kier molecular flexibility index (Phi) is 4.04. The van der Waals surface area contributed by atoms with Crippen LogP contribution < -0.4 is 0 Å². The number of carbonyl (C=O) groups excluding carboxylic acids is 1. The van der Waals surface area contributed by atoms with Crippen molar-refractivity contribution in [3.05, 3.63) is 39.7 Å². The summed E-state index contributed by atoms with van der Waals surface area (Å²) in [6, 6.07) is 3.12. The van der Waals surface area contributed by atoms with Crippen LogP contribution in [0.5, 0.6) is 0 Å². The van der Waals surface area contributed by atoms with Gasteiger partial charge in [0.2, 0.25) is 0 Å². The topological polar surface area (TPSA) is 63.5 Å². The van der Waals surface area contributed by atoms with Crippen molar-refractivity contribution in [1.82, 2.24) is 4.90 Å². The minimum Gasteiger partial charge on any atom is -0.337 e. The summed E-state index contributed by atoms with van der Waals surface area (Å²) in [7, 11) is 0. The van der Waals surface area contributed by atoms with Crippen LogP contribution in [0.4, 0.5) is 10.1 Å². The molecule has 5 nitrogen and oxygen atoms in total. The highest BCUT2D eigenvalue weighted by atomic mass is 32.2. The molecule has 1 aliphatic rings. The number of halogens is 1. The number of hydrogen-bond donors (Lipinski definition) is 0. The molecule has 1 fully saturated rings. The van der Waals surface area contributed by atoms with E-state index in [4.69, 9.17) is 0 Å². The van der Waals surface area contributed by atoms with Gasteiger partial charge in [-0.2, -0.15) is 11.8 Å². The molecule has 19 heavy (non-hydrogen) atoms. The van der Waals surface area contributed by atoms with E-state index in [1.54, 1.807) is 16.7 Å². The van der Waals surface area contributed by atoms with Gasteiger partial charge in [-0.05, 0) is 6.07 Å². The second kappa shape index (κ2) is 5.56. The maximum Gasteiger partial charge on any atom is 0.272 e. The monoisotopic (exact) mass is 284 g/mol. The number of thioether (sulfide) groups is 1. The highest BCUT2D eigenvalue weighted by Gasteiger charge is 2.25. The van der Waals surface area contributed by atoms with Gasteiger partial charge in [-0.25, -0.2) is 4.39 Å². The highest BCUT2D eigenvalue weighted by Crippen LogP contribution is 2.22. The normalized spacial score (nSPS) is 19.3. The molecule has 0 radical (unpaired) electrons. The van der Waals surface area contributed by atoms with Crippen LogP contribution in [0.2, 0.25) is 0 Å². The third-order valence-corrected chi connectivity index (χ3v) is 4.06. The van der Waals surface area contributed by atoms with E-state index in [0.29, 0.717) is 18.3 Å². The van der Waals surface area contributed by atoms with Gasteiger partial charge in [0.15, 0.2) is 0 Å². The summed E-state index contributed by atoms with van der Waals surface area (Å²) in [5, 5.41) is 10.8. The Hall–Kier alpha value is -1.63. The standard InChI is InChI=1S/C12H13FN2O3S/c1-8-7-14(4-5-19-8)12(16)10-3-2-9(15(17)18)6-11(10)13/h2-3,6,8H,4-5,7H2,1H3/t8-/m1/s1. The zero-order valence-electron chi connectivity index (χ0n) is 10.3. The van der Waals surface area contributed by atoms with Crippen LogP contribution in [-0.2, 0) is 0 Å². The fraction of sp³-hybridized carbons (Fsp3) is 0.417. The van der Waals surface area contributed by atoms with E-state index in [9.17, 15) is 19.3 Å². The van der Waals surface area contributed by atoms with Gasteiger partial charge in [0, 0.05) is 30.2 Å². The molecule has 1 amide bonds. The Labute approximate surface area is 113 Å². The first-order chi connectivity index (χ1) is 8.99. The number of non-ortho nitro benzene ring substituents is 1. The molecule has 0 aliphatic carbocycles. The fourth-order valence-corrected chi connectivity index (χ4v) is 2.98. The molecule has 1 saturated heterocycles. The largest absolute Gasteiger partial charge is 0.337 e. The zero-order chi connectivity index (χ0) is 14.0. The molecule has 1 aromatic carbocycles. The number of nitro benzene ring substituents is 1. The average Bonchev–Trinajstić information content (AvgIpc) is 2.37. The van der Waals surface area contributed by atoms with Crippen molar-refractivity contribution in [2.45, 2.75) is 12.2 Å². The summed E-state index contributed by atoms with van der Waals surface area (Å²) < 4.78 is 13.8. The second-order valence-electron chi connectivity index (χ2n) is 4.35. The molecule has 0 saturated carbocycles. The molecule has 7 heteroatoms. The minimum absolute atomic E-state index is 0.107. The fourth-order valence-electron chi connectivity index (χ4n) is 1.96. The van der Waals surface area contributed by atoms with Gasteiger partial charge in [0.1, 0.15) is 5.82 Å². The lowest BCUT2D eigenvalue weighted by atomic mass is 10.1. The molecule has 0 aromatic heterocycles. The molecule has 0 unspecified atom stereocenters. The van der Waals surface area contributed by atoms with Crippen molar-refractivity contribution < 1.29 is 14.1 Å². The van der Waals surface area contributed by atoms with Gasteiger partial charge in [0.25, 0.3) is 11.6 Å². The molecule has 1 aromatic rings. The van der Waals surface area contributed by atoms with Crippen molar-refractivity contribution in [1.29, 1.82) is 0 Å². The number of carbonyl (C=O) groups is 1. The van der Waals surface area contributed by atoms with Crippen molar-refractivity contribution in [2.24, 2.45) is 0 Å². The maximum atomic E-state index is 13.8. The van der Waals surface area contributed by atoms with E-state index in [0.717, 1.165) is 17.9 Å². The number of nitro groups is 1. The second-order valence-corrected chi connectivity index (χ2v) is 5.90. The Morgan fingerprint density at radius 2 is 2.32 bits per heavy atom. The number of nitrogens with zero attached hydrogens (tertiary/aromatic N) is 2. The summed E-state index contributed by atoms with van der Waals surface area (Å²) in [4.78, 5) is 23.6.